The number of nitrogens with zero attached hydrogens (tertiary/aromatic N) is 3. The van der Waals surface area contributed by atoms with Gasteiger partial charge in [0.2, 0.25) is 11.8 Å². The Bertz CT molecular complexity index is 1650. The Morgan fingerprint density at radius 3 is 2.28 bits per heavy atom. The Morgan fingerprint density at radius 2 is 1.70 bits per heavy atom. The van der Waals surface area contributed by atoms with E-state index in [9.17, 15) is 24.3 Å². The number of anilines is 1. The summed E-state index contributed by atoms with van der Waals surface area (Å²) < 4.78 is 4.57. The lowest BCUT2D eigenvalue weighted by Gasteiger charge is -2.43. The Labute approximate surface area is 317 Å². The number of unbranched alkanes of at least 4 members (excludes halogenated alkanes) is 6. The SMILES string of the molecule is CCCCCCC(CCCCCC)NC(=O)CCCc1cnc(N)[nH]1.Cc1onc(-c2ccccc2)c1C(=O)N[C@@H]1C(=O)N2[C@@H]1SC(C)(C)[C@@H]2C(=O)O. The number of H-pyrrole nitrogens is 1. The van der Waals surface area contributed by atoms with Crippen LogP contribution in [0.2, 0.25) is 0 Å². The number of nitrogens with one attached hydrogen (secondary N) is 3. The van der Waals surface area contributed by atoms with Crippen molar-refractivity contribution in [3.8, 4) is 11.3 Å². The molecule has 290 valence electrons. The zero-order chi connectivity index (χ0) is 38.5. The number of rotatable bonds is 19. The van der Waals surface area contributed by atoms with Gasteiger partial charge in [0.05, 0.1) is 6.20 Å². The number of nitrogens with two attached hydrogens (primary N) is 1. The minimum absolute atomic E-state index is 0.184. The summed E-state index contributed by atoms with van der Waals surface area (Å²) in [4.78, 5) is 57.7. The van der Waals surface area contributed by atoms with Crippen LogP contribution in [0, 0.1) is 6.92 Å². The number of nitrogen functional groups attached to an aromatic ring is 1. The van der Waals surface area contributed by atoms with Gasteiger partial charge in [-0.2, -0.15) is 0 Å². The van der Waals surface area contributed by atoms with Crippen molar-refractivity contribution in [1.29, 1.82) is 0 Å². The van der Waals surface area contributed by atoms with E-state index in [0.29, 0.717) is 29.9 Å². The number of carboxylic acids is 1. The molecule has 3 atom stereocenters. The molecule has 2 aliphatic heterocycles. The molecular formula is C39H57N7O6S. The summed E-state index contributed by atoms with van der Waals surface area (Å²) in [5, 5.41) is 19.1. The van der Waals surface area contributed by atoms with Crippen molar-refractivity contribution in [2.75, 3.05) is 5.73 Å². The highest BCUT2D eigenvalue weighted by Crippen LogP contribution is 2.50. The number of aromatic nitrogens is 3. The second-order valence-electron chi connectivity index (χ2n) is 14.5. The molecule has 5 rings (SSSR count). The number of amides is 3. The Morgan fingerprint density at radius 1 is 1.04 bits per heavy atom. The molecule has 0 spiro atoms. The lowest BCUT2D eigenvalue weighted by atomic mass is 9.95. The van der Waals surface area contributed by atoms with E-state index in [-0.39, 0.29) is 17.4 Å². The van der Waals surface area contributed by atoms with E-state index in [1.165, 1.54) is 68.0 Å². The smallest absolute Gasteiger partial charge is 0.327 e. The first kappa shape index (κ1) is 41.4. The number of benzene rings is 1. The van der Waals surface area contributed by atoms with Crippen LogP contribution in [0.5, 0.6) is 0 Å². The number of fused-ring (bicyclic) bond motifs is 1. The van der Waals surface area contributed by atoms with Crippen LogP contribution in [0.15, 0.2) is 41.1 Å². The van der Waals surface area contributed by atoms with Crippen molar-refractivity contribution < 1.29 is 28.8 Å². The Balaban J connectivity index is 0.000000239. The molecule has 1 aromatic carbocycles. The third kappa shape index (κ3) is 11.1. The molecule has 2 aliphatic rings. The normalized spacial score (nSPS) is 18.6. The quantitative estimate of drug-likeness (QED) is 0.0655. The van der Waals surface area contributed by atoms with Crippen molar-refractivity contribution >= 4 is 41.4 Å². The fraction of sp³-hybridized carbons (Fsp3) is 0.590. The Kier molecular flexibility index (Phi) is 15.4. The number of carbonyl (C=O) groups is 4. The van der Waals surface area contributed by atoms with Gasteiger partial charge < -0.3 is 35.9 Å². The Hall–Kier alpha value is -4.33. The van der Waals surface area contributed by atoms with Crippen molar-refractivity contribution in [1.82, 2.24) is 30.7 Å². The van der Waals surface area contributed by atoms with Gasteiger partial charge in [-0.15, -0.1) is 11.8 Å². The third-order valence-corrected chi connectivity index (χ3v) is 11.3. The maximum absolute atomic E-state index is 12.9. The predicted molar refractivity (Wildman–Crippen MR) is 207 cm³/mol. The summed E-state index contributed by atoms with van der Waals surface area (Å²) in [6.07, 6.45) is 16.3. The summed E-state index contributed by atoms with van der Waals surface area (Å²) in [7, 11) is 0. The van der Waals surface area contributed by atoms with Crippen LogP contribution in [-0.2, 0) is 20.8 Å². The fourth-order valence-electron chi connectivity index (χ4n) is 6.96. The van der Waals surface area contributed by atoms with Gasteiger partial charge in [0.25, 0.3) is 5.91 Å². The van der Waals surface area contributed by atoms with Crippen molar-refractivity contribution in [2.45, 2.75) is 146 Å². The van der Waals surface area contributed by atoms with Crippen LogP contribution in [0.4, 0.5) is 5.95 Å². The average Bonchev–Trinajstić information content (AvgIpc) is 3.80. The number of imidazole rings is 1. The highest BCUT2D eigenvalue weighted by Gasteiger charge is 2.64. The number of thioether (sulfide) groups is 1. The van der Waals surface area contributed by atoms with Gasteiger partial charge in [0.15, 0.2) is 5.95 Å². The largest absolute Gasteiger partial charge is 0.480 e. The highest BCUT2D eigenvalue weighted by molar-refractivity contribution is 8.01. The van der Waals surface area contributed by atoms with E-state index in [2.05, 4.69) is 39.6 Å². The average molecular weight is 752 g/mol. The molecule has 3 amide bonds. The van der Waals surface area contributed by atoms with Crippen LogP contribution in [0.1, 0.15) is 127 Å². The molecule has 2 aromatic heterocycles. The molecule has 0 radical (unpaired) electrons. The van der Waals surface area contributed by atoms with Gasteiger partial charge in [0.1, 0.15) is 34.5 Å². The van der Waals surface area contributed by atoms with Crippen LogP contribution in [0.25, 0.3) is 11.3 Å². The molecule has 6 N–H and O–H groups in total. The van der Waals surface area contributed by atoms with E-state index in [0.717, 1.165) is 36.9 Å². The fourth-order valence-corrected chi connectivity index (χ4v) is 8.58. The van der Waals surface area contributed by atoms with Gasteiger partial charge in [-0.1, -0.05) is 101 Å². The molecule has 4 heterocycles. The molecule has 53 heavy (non-hydrogen) atoms. The molecule has 2 saturated heterocycles. The number of β-lactam (4-membered cyclic amide) rings is 1. The zero-order valence-corrected chi connectivity index (χ0v) is 32.6. The second kappa shape index (κ2) is 19.7. The minimum atomic E-state index is -1.04. The van der Waals surface area contributed by atoms with Crippen LogP contribution in [0.3, 0.4) is 0 Å². The number of aliphatic carboxylic acids is 1. The topological polar surface area (TPSA) is 197 Å². The second-order valence-corrected chi connectivity index (χ2v) is 16.3. The molecule has 13 nitrogen and oxygen atoms in total. The number of hydrogen-bond donors (Lipinski definition) is 5. The molecule has 2 fully saturated rings. The van der Waals surface area contributed by atoms with Gasteiger partial charge >= 0.3 is 5.97 Å². The zero-order valence-electron chi connectivity index (χ0n) is 31.8. The first-order valence-corrected chi connectivity index (χ1v) is 19.9. The lowest BCUT2D eigenvalue weighted by Crippen LogP contribution is -2.70. The van der Waals surface area contributed by atoms with Gasteiger partial charge in [0, 0.05) is 28.5 Å². The first-order valence-electron chi connectivity index (χ1n) is 19.0. The summed E-state index contributed by atoms with van der Waals surface area (Å²) in [6, 6.07) is 7.81. The van der Waals surface area contributed by atoms with E-state index >= 15 is 0 Å². The number of carbonyl (C=O) groups excluding carboxylic acids is 3. The predicted octanol–water partition coefficient (Wildman–Crippen LogP) is 6.64. The van der Waals surface area contributed by atoms with E-state index in [1.807, 2.05) is 30.3 Å². The molecule has 14 heteroatoms. The lowest BCUT2D eigenvalue weighted by molar-refractivity contribution is -0.159. The molecule has 3 aromatic rings. The van der Waals surface area contributed by atoms with Gasteiger partial charge in [-0.25, -0.2) is 9.78 Å². The molecule has 0 bridgehead atoms. The summed E-state index contributed by atoms with van der Waals surface area (Å²) >= 11 is 1.38. The van der Waals surface area contributed by atoms with E-state index in [4.69, 9.17) is 10.3 Å². The van der Waals surface area contributed by atoms with Crippen LogP contribution < -0.4 is 16.4 Å². The molecule has 0 saturated carbocycles. The van der Waals surface area contributed by atoms with Crippen molar-refractivity contribution in [3.63, 3.8) is 0 Å². The summed E-state index contributed by atoms with van der Waals surface area (Å²) in [5.41, 5.74) is 7.97. The molecular weight excluding hydrogens is 695 g/mol. The maximum atomic E-state index is 12.9. The standard InChI is InChI=1S/C20H38N4O.C19H19N3O5S/c1-3-5-7-9-12-17(13-10-8-6-4-2)23-19(25)15-11-14-18-16-22-20(21)24-18;1-9-11(12(21-27-9)10-7-5-4-6-8-10)15(23)20-13-16(24)22-14(18(25)26)19(2,3)28-17(13)22/h16-17H,3-15H2,1-2H3,(H,23,25)(H3,21,22,24);4-8,13-14,17H,1-3H3,(H,20,23)(H,25,26)/t;13-,14+,17-/m.1/s1. The summed E-state index contributed by atoms with van der Waals surface area (Å²) in [5.74, 6) is -0.920. The van der Waals surface area contributed by atoms with E-state index in [1.54, 1.807) is 27.0 Å². The van der Waals surface area contributed by atoms with Gasteiger partial charge in [-0.3, -0.25) is 14.4 Å². The van der Waals surface area contributed by atoms with Crippen molar-refractivity contribution in [3.05, 3.63) is 53.5 Å². The van der Waals surface area contributed by atoms with Crippen molar-refractivity contribution in [2.24, 2.45) is 0 Å². The number of carboxylic acid groups (broad SMARTS) is 1. The first-order chi connectivity index (χ1) is 25.4. The monoisotopic (exact) mass is 751 g/mol. The maximum Gasteiger partial charge on any atom is 0.327 e. The van der Waals surface area contributed by atoms with Crippen LogP contribution >= 0.6 is 11.8 Å². The van der Waals surface area contributed by atoms with E-state index < -0.39 is 34.1 Å². The van der Waals surface area contributed by atoms with Gasteiger partial charge in [-0.05, 0) is 46.5 Å². The van der Waals surface area contributed by atoms with Crippen LogP contribution in [-0.4, -0.2) is 77.1 Å². The number of hydrogen-bond acceptors (Lipinski definition) is 9. The third-order valence-electron chi connectivity index (χ3n) is 9.77. The number of aryl methyl sites for hydroxylation is 2. The highest BCUT2D eigenvalue weighted by atomic mass is 32.2. The minimum Gasteiger partial charge on any atom is -0.480 e. The molecule has 0 aliphatic carbocycles. The number of aromatic amines is 1. The summed E-state index contributed by atoms with van der Waals surface area (Å²) in [6.45, 7) is 9.68. The molecule has 0 unspecified atom stereocenters.